The van der Waals surface area contributed by atoms with E-state index in [-0.39, 0.29) is 0 Å². The van der Waals surface area contributed by atoms with Gasteiger partial charge in [0.05, 0.1) is 11.0 Å². The van der Waals surface area contributed by atoms with E-state index in [4.69, 9.17) is 4.42 Å². The third-order valence-corrected chi connectivity index (χ3v) is 12.2. The lowest BCUT2D eigenvalue weighted by atomic mass is 10.00. The molecule has 12 aromatic rings. The second kappa shape index (κ2) is 14.3. The molecule has 0 fully saturated rings. The molecule has 0 unspecified atom stereocenters. The highest BCUT2D eigenvalue weighted by Crippen LogP contribution is 2.43. The van der Waals surface area contributed by atoms with Gasteiger partial charge in [-0.1, -0.05) is 158 Å². The highest BCUT2D eigenvalue weighted by molar-refractivity contribution is 6.13. The van der Waals surface area contributed by atoms with Crippen molar-refractivity contribution in [2.75, 3.05) is 4.90 Å². The van der Waals surface area contributed by atoms with Crippen LogP contribution in [0.4, 0.5) is 17.1 Å². The summed E-state index contributed by atoms with van der Waals surface area (Å²) in [6, 6.07) is 82.9. The fourth-order valence-electron chi connectivity index (χ4n) is 9.20. The van der Waals surface area contributed by atoms with Crippen molar-refractivity contribution in [2.45, 2.75) is 0 Å². The van der Waals surface area contributed by atoms with Gasteiger partial charge >= 0.3 is 0 Å². The Morgan fingerprint density at radius 3 is 1.64 bits per heavy atom. The second-order valence-corrected chi connectivity index (χ2v) is 15.7. The van der Waals surface area contributed by atoms with Gasteiger partial charge in [-0.3, -0.25) is 0 Å². The molecular formula is C58H38N2O. The van der Waals surface area contributed by atoms with Crippen molar-refractivity contribution in [3.63, 3.8) is 0 Å². The monoisotopic (exact) mass is 778 g/mol. The normalized spacial score (nSPS) is 11.6. The zero-order valence-electron chi connectivity index (χ0n) is 33.2. The van der Waals surface area contributed by atoms with Crippen LogP contribution in [0.25, 0.3) is 93.6 Å². The van der Waals surface area contributed by atoms with Crippen molar-refractivity contribution < 1.29 is 4.42 Å². The summed E-state index contributed by atoms with van der Waals surface area (Å²) in [6.45, 7) is 0. The van der Waals surface area contributed by atoms with Crippen molar-refractivity contribution >= 4 is 71.6 Å². The standard InChI is InChI=1S/C58H38N2O/c1-3-13-39(14-4-1)42-23-29-46(30-24-42)59(48-33-25-41-17-7-8-18-44(41)35-48)47-31-26-43(27-32-47)52-37-49(38-54-51-20-10-12-22-57(51)61-58(52)54)60-55-21-11-9-19-50(55)53-36-45(28-34-56(53)60)40-15-5-2-6-16-40/h1-38H. The lowest BCUT2D eigenvalue weighted by Crippen LogP contribution is -2.09. The first-order chi connectivity index (χ1) is 30.2. The van der Waals surface area contributed by atoms with Crippen LogP contribution in [0.5, 0.6) is 0 Å². The van der Waals surface area contributed by atoms with Crippen molar-refractivity contribution in [3.05, 3.63) is 231 Å². The molecule has 0 amide bonds. The highest BCUT2D eigenvalue weighted by Gasteiger charge is 2.20. The number of para-hydroxylation sites is 2. The van der Waals surface area contributed by atoms with Gasteiger partial charge in [0.25, 0.3) is 0 Å². The molecular weight excluding hydrogens is 741 g/mol. The van der Waals surface area contributed by atoms with Crippen molar-refractivity contribution in [2.24, 2.45) is 0 Å². The van der Waals surface area contributed by atoms with Crippen molar-refractivity contribution in [1.82, 2.24) is 4.57 Å². The van der Waals surface area contributed by atoms with Crippen LogP contribution in [0.15, 0.2) is 235 Å². The number of hydrogen-bond donors (Lipinski definition) is 0. The summed E-state index contributed by atoms with van der Waals surface area (Å²) in [5, 5.41) is 7.07. The minimum absolute atomic E-state index is 0.878. The molecule has 0 N–H and O–H groups in total. The van der Waals surface area contributed by atoms with Gasteiger partial charge in [-0.25, -0.2) is 0 Å². The summed E-state index contributed by atoms with van der Waals surface area (Å²) in [5.41, 5.74) is 15.4. The summed E-state index contributed by atoms with van der Waals surface area (Å²) in [7, 11) is 0. The maximum atomic E-state index is 6.74. The molecule has 0 bridgehead atoms. The molecule has 2 aromatic heterocycles. The van der Waals surface area contributed by atoms with Crippen LogP contribution < -0.4 is 4.90 Å². The molecule has 10 aromatic carbocycles. The smallest absolute Gasteiger partial charge is 0.143 e. The van der Waals surface area contributed by atoms with E-state index in [1.807, 2.05) is 6.07 Å². The number of aromatic nitrogens is 1. The maximum Gasteiger partial charge on any atom is 0.143 e. The molecule has 0 atom stereocenters. The molecule has 3 heteroatoms. The number of furan rings is 1. The molecule has 61 heavy (non-hydrogen) atoms. The van der Waals surface area contributed by atoms with Gasteiger partial charge in [0, 0.05) is 49.9 Å². The van der Waals surface area contributed by atoms with Crippen LogP contribution in [-0.4, -0.2) is 4.57 Å². The lowest BCUT2D eigenvalue weighted by molar-refractivity contribution is 0.670. The molecule has 0 aliphatic rings. The molecule has 0 aliphatic carbocycles. The SMILES string of the molecule is c1ccc(-c2ccc(N(c3ccc(-c4cc(-n5c6ccccc6c6cc(-c7ccccc7)ccc65)cc5c4oc4ccccc45)cc3)c3ccc4ccccc4c3)cc2)cc1. The van der Waals surface area contributed by atoms with E-state index >= 15 is 0 Å². The number of rotatable bonds is 7. The summed E-state index contributed by atoms with van der Waals surface area (Å²) in [4.78, 5) is 2.35. The van der Waals surface area contributed by atoms with E-state index in [2.05, 4.69) is 234 Å². The molecule has 0 saturated carbocycles. The molecule has 12 rings (SSSR count). The number of fused-ring (bicyclic) bond motifs is 7. The number of nitrogens with zero attached hydrogens (tertiary/aromatic N) is 2. The van der Waals surface area contributed by atoms with Gasteiger partial charge in [0.15, 0.2) is 0 Å². The van der Waals surface area contributed by atoms with Gasteiger partial charge in [0.1, 0.15) is 11.2 Å². The van der Waals surface area contributed by atoms with Crippen LogP contribution >= 0.6 is 0 Å². The minimum Gasteiger partial charge on any atom is -0.455 e. The first-order valence-electron chi connectivity index (χ1n) is 20.8. The third-order valence-electron chi connectivity index (χ3n) is 12.2. The minimum atomic E-state index is 0.878. The van der Waals surface area contributed by atoms with E-state index in [0.29, 0.717) is 0 Å². The molecule has 2 heterocycles. The molecule has 0 spiro atoms. The van der Waals surface area contributed by atoms with Crippen LogP contribution in [0.1, 0.15) is 0 Å². The zero-order valence-corrected chi connectivity index (χ0v) is 33.2. The summed E-state index contributed by atoms with van der Waals surface area (Å²) in [5.74, 6) is 0. The number of benzene rings is 10. The fraction of sp³-hybridized carbons (Fsp3) is 0. The van der Waals surface area contributed by atoms with Crippen molar-refractivity contribution in [3.8, 4) is 39.1 Å². The predicted octanol–water partition coefficient (Wildman–Crippen LogP) is 16.3. The molecule has 286 valence electrons. The Morgan fingerprint density at radius 1 is 0.328 bits per heavy atom. The molecule has 0 radical (unpaired) electrons. The van der Waals surface area contributed by atoms with E-state index in [9.17, 15) is 0 Å². The second-order valence-electron chi connectivity index (χ2n) is 15.7. The van der Waals surface area contributed by atoms with Crippen molar-refractivity contribution in [1.29, 1.82) is 0 Å². The number of hydrogen-bond acceptors (Lipinski definition) is 2. The molecule has 0 saturated heterocycles. The fourth-order valence-corrected chi connectivity index (χ4v) is 9.20. The van der Waals surface area contributed by atoms with E-state index in [1.165, 1.54) is 54.8 Å². The predicted molar refractivity (Wildman–Crippen MR) is 257 cm³/mol. The Hall–Kier alpha value is -8.14. The Kier molecular flexibility index (Phi) is 8.17. The van der Waals surface area contributed by atoms with E-state index in [0.717, 1.165) is 55.8 Å². The molecule has 0 aliphatic heterocycles. The summed E-state index contributed by atoms with van der Waals surface area (Å²) < 4.78 is 9.15. The van der Waals surface area contributed by atoms with E-state index in [1.54, 1.807) is 0 Å². The Labute approximate surface area is 353 Å². The zero-order chi connectivity index (χ0) is 40.3. The van der Waals surface area contributed by atoms with Gasteiger partial charge in [0.2, 0.25) is 0 Å². The highest BCUT2D eigenvalue weighted by atomic mass is 16.3. The first kappa shape index (κ1) is 34.9. The van der Waals surface area contributed by atoms with Gasteiger partial charge in [-0.2, -0.15) is 0 Å². The first-order valence-corrected chi connectivity index (χ1v) is 20.8. The number of anilines is 3. The average Bonchev–Trinajstić information content (AvgIpc) is 3.88. The maximum absolute atomic E-state index is 6.74. The van der Waals surface area contributed by atoms with Crippen LogP contribution in [0.3, 0.4) is 0 Å². The Morgan fingerprint density at radius 2 is 0.885 bits per heavy atom. The largest absolute Gasteiger partial charge is 0.455 e. The third kappa shape index (κ3) is 5.98. The Bertz CT molecular complexity index is 3560. The van der Waals surface area contributed by atoms with E-state index < -0.39 is 0 Å². The van der Waals surface area contributed by atoms with Gasteiger partial charge in [-0.05, 0) is 111 Å². The quantitative estimate of drug-likeness (QED) is 0.161. The summed E-state index contributed by atoms with van der Waals surface area (Å²) >= 11 is 0. The summed E-state index contributed by atoms with van der Waals surface area (Å²) in [6.07, 6.45) is 0. The Balaban J connectivity index is 1.02. The van der Waals surface area contributed by atoms with Gasteiger partial charge in [-0.15, -0.1) is 0 Å². The van der Waals surface area contributed by atoms with Crippen LogP contribution in [0, 0.1) is 0 Å². The lowest BCUT2D eigenvalue weighted by Gasteiger charge is -2.26. The average molecular weight is 779 g/mol. The van der Waals surface area contributed by atoms with Crippen LogP contribution in [-0.2, 0) is 0 Å². The van der Waals surface area contributed by atoms with Gasteiger partial charge < -0.3 is 13.9 Å². The molecule has 3 nitrogen and oxygen atoms in total. The van der Waals surface area contributed by atoms with Crippen LogP contribution in [0.2, 0.25) is 0 Å². The topological polar surface area (TPSA) is 21.3 Å².